The molecule has 0 aliphatic heterocycles. The van der Waals surface area contributed by atoms with Crippen molar-refractivity contribution in [1.29, 1.82) is 0 Å². The van der Waals surface area contributed by atoms with Crippen LogP contribution in [-0.2, 0) is 14.4 Å². The molecule has 0 radical (unpaired) electrons. The predicted molar refractivity (Wildman–Crippen MR) is 100 cm³/mol. The summed E-state index contributed by atoms with van der Waals surface area (Å²) in [6.07, 6.45) is -9.93. The van der Waals surface area contributed by atoms with Gasteiger partial charge in [-0.25, -0.2) is 9.18 Å². The second-order valence-electron chi connectivity index (χ2n) is 6.59. The Morgan fingerprint density at radius 3 is 2.09 bits per heavy atom. The first-order chi connectivity index (χ1) is 15.4. The average Bonchev–Trinajstić information content (AvgIpc) is 3.25. The molecule has 0 fully saturated rings. The Morgan fingerprint density at radius 2 is 1.74 bits per heavy atom. The van der Waals surface area contributed by atoms with Crippen molar-refractivity contribution in [2.45, 2.75) is 50.6 Å². The topological polar surface area (TPSA) is 180 Å². The number of aliphatic imine (C=N–C) groups is 1. The normalized spacial score (nSPS) is 14.8. The lowest BCUT2D eigenvalue weighted by Gasteiger charge is -2.37. The number of anilines is 1. The summed E-state index contributed by atoms with van der Waals surface area (Å²) >= 11 is 0. The minimum atomic E-state index is -5.25. The van der Waals surface area contributed by atoms with Gasteiger partial charge in [-0.3, -0.25) is 19.5 Å². The zero-order valence-electron chi connectivity index (χ0n) is 17.8. The van der Waals surface area contributed by atoms with Crippen LogP contribution >= 0.6 is 0 Å². The molecular formula is C15H21F7N8O4. The smallest absolute Gasteiger partial charge is 0.475 e. The van der Waals surface area contributed by atoms with E-state index < -0.39 is 54.2 Å². The molecule has 0 bridgehead atoms. The fraction of sp³-hybridized carbons (Fsp3) is 0.667. The number of halogens is 7. The SMILES string of the molecule is CCCC(N=C(N)CF)C(C)(NC(=O)C(F)(F)F)C(=O)N(C)c1nn[nH]n1.O=C(O)C(F)(F)F. The number of likely N-dealkylation sites (N-methyl/N-ethyl adjacent to an activating group) is 1. The number of carboxylic acids is 1. The molecule has 1 aromatic rings. The highest BCUT2D eigenvalue weighted by molar-refractivity contribution is 6.02. The van der Waals surface area contributed by atoms with Gasteiger partial charge in [-0.2, -0.15) is 31.6 Å². The van der Waals surface area contributed by atoms with Gasteiger partial charge in [0.1, 0.15) is 18.0 Å². The van der Waals surface area contributed by atoms with Crippen LogP contribution in [-0.4, -0.2) is 87.0 Å². The second-order valence-corrected chi connectivity index (χ2v) is 6.59. The average molecular weight is 510 g/mol. The van der Waals surface area contributed by atoms with E-state index in [1.165, 1.54) is 7.05 Å². The zero-order chi connectivity index (χ0) is 26.9. The Bertz CT molecular complexity index is 860. The van der Waals surface area contributed by atoms with Crippen LogP contribution in [0.2, 0.25) is 0 Å². The Balaban J connectivity index is 0.00000135. The largest absolute Gasteiger partial charge is 0.490 e. The maximum atomic E-state index is 12.9. The summed E-state index contributed by atoms with van der Waals surface area (Å²) in [5, 5.41) is 21.3. The van der Waals surface area contributed by atoms with Gasteiger partial charge in [0.2, 0.25) is 0 Å². The Labute approximate surface area is 186 Å². The molecule has 0 aromatic carbocycles. The number of alkyl halides is 7. The van der Waals surface area contributed by atoms with Gasteiger partial charge in [-0.15, -0.1) is 5.10 Å². The molecule has 0 spiro atoms. The standard InChI is InChI=1S/C13H20F4N8O2.C2HF3O2/c1-4-5-7(19-8(18)6-14)12(2,20-9(26)13(15,16)17)10(27)25(3)11-21-23-24-22-11;3-2(4,5)1(6)7/h7H,4-6H2,1-3H3,(H2,18,19)(H,20,26)(H,21,22,23,24);(H,6,7). The summed E-state index contributed by atoms with van der Waals surface area (Å²) in [4.78, 5) is 38.0. The van der Waals surface area contributed by atoms with Crippen molar-refractivity contribution < 1.29 is 50.2 Å². The van der Waals surface area contributed by atoms with Crippen molar-refractivity contribution in [2.24, 2.45) is 10.7 Å². The number of aromatic nitrogens is 4. The third-order valence-corrected chi connectivity index (χ3v) is 3.94. The molecule has 19 heteroatoms. The molecule has 2 atom stereocenters. The molecule has 194 valence electrons. The number of nitrogens with two attached hydrogens (primary N) is 1. The number of H-pyrrole nitrogens is 1. The molecule has 5 N–H and O–H groups in total. The van der Waals surface area contributed by atoms with E-state index in [1.54, 1.807) is 12.2 Å². The van der Waals surface area contributed by atoms with Gasteiger partial charge in [-0.05, 0) is 18.6 Å². The molecule has 0 aliphatic rings. The molecule has 0 saturated carbocycles. The number of carbonyl (C=O) groups excluding carboxylic acids is 2. The number of amides is 2. The number of rotatable bonds is 8. The van der Waals surface area contributed by atoms with Crippen molar-refractivity contribution in [3.8, 4) is 0 Å². The van der Waals surface area contributed by atoms with Gasteiger partial charge in [0.05, 0.1) is 6.04 Å². The minimum absolute atomic E-state index is 0.0428. The van der Waals surface area contributed by atoms with Crippen molar-refractivity contribution in [3.05, 3.63) is 0 Å². The van der Waals surface area contributed by atoms with Crippen LogP contribution in [0.4, 0.5) is 36.7 Å². The van der Waals surface area contributed by atoms with E-state index in [4.69, 9.17) is 15.6 Å². The zero-order valence-corrected chi connectivity index (χ0v) is 17.8. The number of amidine groups is 1. The van der Waals surface area contributed by atoms with Gasteiger partial charge in [0.25, 0.3) is 11.9 Å². The van der Waals surface area contributed by atoms with Gasteiger partial charge in [-0.1, -0.05) is 18.4 Å². The molecule has 0 aliphatic carbocycles. The van der Waals surface area contributed by atoms with E-state index in [0.29, 0.717) is 6.42 Å². The summed E-state index contributed by atoms with van der Waals surface area (Å²) in [7, 11) is 1.18. The number of carboxylic acid groups (broad SMARTS) is 1. The number of hydrogen-bond acceptors (Lipinski definition) is 7. The molecule has 1 heterocycles. The maximum absolute atomic E-state index is 12.9. The van der Waals surface area contributed by atoms with Gasteiger partial charge in [0.15, 0.2) is 0 Å². The van der Waals surface area contributed by atoms with Crippen LogP contribution in [0.25, 0.3) is 0 Å². The van der Waals surface area contributed by atoms with Crippen molar-refractivity contribution in [2.75, 3.05) is 18.6 Å². The predicted octanol–water partition coefficient (Wildman–Crippen LogP) is 0.728. The van der Waals surface area contributed by atoms with Crippen LogP contribution in [0, 0.1) is 0 Å². The first kappa shape index (κ1) is 30.5. The van der Waals surface area contributed by atoms with Crippen molar-refractivity contribution in [1.82, 2.24) is 25.9 Å². The number of tetrazole rings is 1. The lowest BCUT2D eigenvalue weighted by molar-refractivity contribution is -0.192. The lowest BCUT2D eigenvalue weighted by atomic mass is 9.87. The third-order valence-electron chi connectivity index (χ3n) is 3.94. The lowest BCUT2D eigenvalue weighted by Crippen LogP contribution is -2.65. The summed E-state index contributed by atoms with van der Waals surface area (Å²) in [6.45, 7) is 1.55. The van der Waals surface area contributed by atoms with Crippen LogP contribution in [0.5, 0.6) is 0 Å². The molecular weight excluding hydrogens is 489 g/mol. The first-order valence-corrected chi connectivity index (χ1v) is 9.00. The van der Waals surface area contributed by atoms with Crippen LogP contribution in [0.1, 0.15) is 26.7 Å². The highest BCUT2D eigenvalue weighted by atomic mass is 19.4. The highest BCUT2D eigenvalue weighted by Gasteiger charge is 2.50. The number of aromatic amines is 1. The number of nitrogens with one attached hydrogen (secondary N) is 2. The molecule has 2 unspecified atom stereocenters. The molecule has 12 nitrogen and oxygen atoms in total. The number of aliphatic carboxylic acids is 1. The second kappa shape index (κ2) is 12.1. The van der Waals surface area contributed by atoms with Gasteiger partial charge < -0.3 is 16.2 Å². The van der Waals surface area contributed by atoms with Crippen molar-refractivity contribution in [3.63, 3.8) is 0 Å². The molecule has 2 amide bonds. The summed E-state index contributed by atoms with van der Waals surface area (Å²) < 4.78 is 82.9. The van der Waals surface area contributed by atoms with Crippen molar-refractivity contribution >= 4 is 29.6 Å². The maximum Gasteiger partial charge on any atom is 0.490 e. The van der Waals surface area contributed by atoms with E-state index in [0.717, 1.165) is 11.8 Å². The van der Waals surface area contributed by atoms with Gasteiger partial charge in [0, 0.05) is 7.05 Å². The van der Waals surface area contributed by atoms with Crippen LogP contribution in [0.3, 0.4) is 0 Å². The van der Waals surface area contributed by atoms with Crippen LogP contribution < -0.4 is 16.0 Å². The van der Waals surface area contributed by atoms with E-state index in [-0.39, 0.29) is 12.4 Å². The van der Waals surface area contributed by atoms with E-state index in [1.807, 2.05) is 0 Å². The third kappa shape index (κ3) is 8.77. The Morgan fingerprint density at radius 1 is 1.21 bits per heavy atom. The quantitative estimate of drug-likeness (QED) is 0.224. The first-order valence-electron chi connectivity index (χ1n) is 9.00. The summed E-state index contributed by atoms with van der Waals surface area (Å²) in [5.41, 5.74) is 3.15. The molecule has 0 saturated heterocycles. The number of hydrogen-bond donors (Lipinski definition) is 4. The Hall–Kier alpha value is -3.54. The fourth-order valence-corrected chi connectivity index (χ4v) is 2.31. The molecule has 1 aromatic heterocycles. The van der Waals surface area contributed by atoms with E-state index >= 15 is 0 Å². The summed E-state index contributed by atoms with van der Waals surface area (Å²) in [5.74, 6) is -6.89. The van der Waals surface area contributed by atoms with E-state index in [2.05, 4.69) is 25.6 Å². The monoisotopic (exact) mass is 510 g/mol. The van der Waals surface area contributed by atoms with Gasteiger partial charge >= 0.3 is 24.2 Å². The molecule has 34 heavy (non-hydrogen) atoms. The Kier molecular flexibility index (Phi) is 10.8. The van der Waals surface area contributed by atoms with E-state index in [9.17, 15) is 40.3 Å². The minimum Gasteiger partial charge on any atom is -0.475 e. The summed E-state index contributed by atoms with van der Waals surface area (Å²) in [6, 6.07) is -1.27. The van der Waals surface area contributed by atoms with Crippen LogP contribution in [0.15, 0.2) is 4.99 Å². The number of carbonyl (C=O) groups is 3. The highest BCUT2D eigenvalue weighted by Crippen LogP contribution is 2.25. The molecule has 1 rings (SSSR count). The fourth-order valence-electron chi connectivity index (χ4n) is 2.31. The number of nitrogens with zero attached hydrogens (tertiary/aromatic N) is 5.